The molecule has 0 aliphatic carbocycles. The van der Waals surface area contributed by atoms with Gasteiger partial charge in [-0.15, -0.1) is 3.89 Å². The van der Waals surface area contributed by atoms with Crippen LogP contribution in [0.3, 0.4) is 0 Å². The van der Waals surface area contributed by atoms with E-state index in [1.165, 1.54) is 18.2 Å². The lowest BCUT2D eigenvalue weighted by Gasteiger charge is -2.27. The van der Waals surface area contributed by atoms with Gasteiger partial charge in [0.1, 0.15) is 10.7 Å². The Morgan fingerprint density at radius 3 is 2.75 bits per heavy atom. The number of rotatable bonds is 4. The number of nitrogens with zero attached hydrogens (tertiary/aromatic N) is 3. The van der Waals surface area contributed by atoms with Crippen LogP contribution in [0.25, 0.3) is 0 Å². The van der Waals surface area contributed by atoms with Crippen molar-refractivity contribution in [1.29, 1.82) is 0 Å². The van der Waals surface area contributed by atoms with Crippen LogP contribution in [0.15, 0.2) is 35.4 Å². The van der Waals surface area contributed by atoms with Crippen molar-refractivity contribution in [2.24, 2.45) is 0 Å². The van der Waals surface area contributed by atoms with Gasteiger partial charge in [-0.3, -0.25) is 0 Å². The van der Waals surface area contributed by atoms with E-state index in [-0.39, 0.29) is 0 Å². The summed E-state index contributed by atoms with van der Waals surface area (Å²) in [5, 5.41) is 3.02. The largest absolute Gasteiger partial charge is 0.378 e. The molecule has 2 heterocycles. The Morgan fingerprint density at radius 1 is 1.29 bits per heavy atom. The smallest absolute Gasteiger partial charge is 0.332 e. The third kappa shape index (κ3) is 3.80. The third-order valence-electron chi connectivity index (χ3n) is 3.63. The van der Waals surface area contributed by atoms with Gasteiger partial charge in [-0.05, 0) is 25.1 Å². The van der Waals surface area contributed by atoms with Crippen molar-refractivity contribution in [3.05, 3.63) is 36.0 Å². The summed E-state index contributed by atoms with van der Waals surface area (Å²) in [7, 11) is -4.75. The van der Waals surface area contributed by atoms with Crippen molar-refractivity contribution in [2.45, 2.75) is 11.8 Å². The Morgan fingerprint density at radius 2 is 2.04 bits per heavy atom. The van der Waals surface area contributed by atoms with Crippen LogP contribution in [0.5, 0.6) is 0 Å². The fourth-order valence-electron chi connectivity index (χ4n) is 2.34. The molecule has 0 atom stereocenters. The zero-order chi connectivity index (χ0) is 17.2. The van der Waals surface area contributed by atoms with Crippen molar-refractivity contribution in [1.82, 2.24) is 9.97 Å². The second-order valence-corrected chi connectivity index (χ2v) is 6.74. The predicted octanol–water partition coefficient (Wildman–Crippen LogP) is 2.02. The summed E-state index contributed by atoms with van der Waals surface area (Å²) >= 11 is 0. The van der Waals surface area contributed by atoms with E-state index in [2.05, 4.69) is 15.3 Å². The molecule has 0 saturated carbocycles. The lowest BCUT2D eigenvalue weighted by Crippen LogP contribution is -2.37. The number of ether oxygens (including phenoxy) is 1. The second-order valence-electron chi connectivity index (χ2n) is 5.39. The van der Waals surface area contributed by atoms with Crippen LogP contribution >= 0.6 is 0 Å². The molecule has 0 unspecified atom stereocenters. The van der Waals surface area contributed by atoms with Gasteiger partial charge in [0.05, 0.1) is 13.2 Å². The van der Waals surface area contributed by atoms with Crippen molar-refractivity contribution < 1.29 is 17.0 Å². The Balaban J connectivity index is 1.87. The molecule has 0 bridgehead atoms. The maximum Gasteiger partial charge on any atom is 0.332 e. The topological polar surface area (TPSA) is 84.4 Å². The number of morpholine rings is 1. The summed E-state index contributed by atoms with van der Waals surface area (Å²) in [5.74, 6) is 1.11. The molecule has 1 aliphatic heterocycles. The highest BCUT2D eigenvalue weighted by atomic mass is 32.3. The number of aromatic nitrogens is 2. The molecule has 1 saturated heterocycles. The molecule has 7 nitrogen and oxygen atoms in total. The SMILES string of the molecule is Cc1cnc(N2CCOCC2)nc1Nc1cccc(S(=O)(=O)F)c1. The highest BCUT2D eigenvalue weighted by Gasteiger charge is 2.16. The van der Waals surface area contributed by atoms with Crippen molar-refractivity contribution in [2.75, 3.05) is 36.5 Å². The molecule has 0 radical (unpaired) electrons. The monoisotopic (exact) mass is 352 g/mol. The predicted molar refractivity (Wildman–Crippen MR) is 87.8 cm³/mol. The fraction of sp³-hybridized carbons (Fsp3) is 0.333. The summed E-state index contributed by atoms with van der Waals surface area (Å²) in [4.78, 5) is 10.4. The van der Waals surface area contributed by atoms with E-state index in [0.717, 1.165) is 5.56 Å². The fourth-order valence-corrected chi connectivity index (χ4v) is 2.85. The molecule has 0 spiro atoms. The van der Waals surface area contributed by atoms with Gasteiger partial charge < -0.3 is 15.0 Å². The Labute approximate surface area is 139 Å². The van der Waals surface area contributed by atoms with Crippen LogP contribution in [0, 0.1) is 6.92 Å². The van der Waals surface area contributed by atoms with Gasteiger partial charge in [-0.25, -0.2) is 4.98 Å². The van der Waals surface area contributed by atoms with E-state index >= 15 is 0 Å². The first kappa shape index (κ1) is 16.6. The number of hydrogen-bond acceptors (Lipinski definition) is 7. The van der Waals surface area contributed by atoms with E-state index in [4.69, 9.17) is 4.74 Å². The van der Waals surface area contributed by atoms with E-state index in [0.29, 0.717) is 43.8 Å². The van der Waals surface area contributed by atoms with Crippen LogP contribution in [0.2, 0.25) is 0 Å². The van der Waals surface area contributed by atoms with Crippen LogP contribution in [0.1, 0.15) is 5.56 Å². The molecule has 1 fully saturated rings. The summed E-state index contributed by atoms with van der Waals surface area (Å²) in [5.41, 5.74) is 1.23. The molecule has 1 aromatic heterocycles. The Hall–Kier alpha value is -2.26. The molecular formula is C15H17FN4O3S. The van der Waals surface area contributed by atoms with Crippen LogP contribution in [0.4, 0.5) is 21.3 Å². The average molecular weight is 352 g/mol. The zero-order valence-corrected chi connectivity index (χ0v) is 13.9. The zero-order valence-electron chi connectivity index (χ0n) is 13.1. The molecule has 1 aromatic carbocycles. The van der Waals surface area contributed by atoms with E-state index < -0.39 is 15.1 Å². The lowest BCUT2D eigenvalue weighted by atomic mass is 10.3. The van der Waals surface area contributed by atoms with Crippen LogP contribution in [-0.2, 0) is 15.0 Å². The first-order valence-corrected chi connectivity index (χ1v) is 8.80. The van der Waals surface area contributed by atoms with E-state index in [1.54, 1.807) is 12.3 Å². The summed E-state index contributed by atoms with van der Waals surface area (Å²) in [6.45, 7) is 4.49. The van der Waals surface area contributed by atoms with E-state index in [1.807, 2.05) is 11.8 Å². The third-order valence-corrected chi connectivity index (χ3v) is 4.45. The average Bonchev–Trinajstić information content (AvgIpc) is 2.57. The van der Waals surface area contributed by atoms with Gasteiger partial charge in [0, 0.05) is 30.5 Å². The number of halogens is 1. The maximum atomic E-state index is 13.1. The number of benzene rings is 1. The van der Waals surface area contributed by atoms with Crippen LogP contribution < -0.4 is 10.2 Å². The van der Waals surface area contributed by atoms with Gasteiger partial charge in [-0.1, -0.05) is 6.07 Å². The second kappa shape index (κ2) is 6.70. The van der Waals surface area contributed by atoms with Crippen molar-refractivity contribution in [3.63, 3.8) is 0 Å². The molecule has 3 rings (SSSR count). The standard InChI is InChI=1S/C15H17FN4O3S/c1-11-10-17-15(20-5-7-23-8-6-20)19-14(11)18-12-3-2-4-13(9-12)24(16,21)22/h2-4,9-10H,5-8H2,1H3,(H,17,18,19). The molecule has 1 N–H and O–H groups in total. The number of anilines is 3. The summed E-state index contributed by atoms with van der Waals surface area (Å²) in [6, 6.07) is 5.54. The molecule has 1 aliphatic rings. The van der Waals surface area contributed by atoms with E-state index in [9.17, 15) is 12.3 Å². The van der Waals surface area contributed by atoms with Gasteiger partial charge in [0.15, 0.2) is 0 Å². The first-order valence-electron chi connectivity index (χ1n) is 7.41. The van der Waals surface area contributed by atoms with Crippen LogP contribution in [-0.4, -0.2) is 44.7 Å². The normalized spacial score (nSPS) is 15.3. The van der Waals surface area contributed by atoms with Gasteiger partial charge in [0.2, 0.25) is 5.95 Å². The molecule has 128 valence electrons. The molecule has 9 heteroatoms. The maximum absolute atomic E-state index is 13.1. The highest BCUT2D eigenvalue weighted by Crippen LogP contribution is 2.23. The number of nitrogens with one attached hydrogen (secondary N) is 1. The minimum atomic E-state index is -4.75. The van der Waals surface area contributed by atoms with Gasteiger partial charge >= 0.3 is 10.2 Å². The summed E-state index contributed by atoms with van der Waals surface area (Å²) in [6.07, 6.45) is 1.69. The molecule has 2 aromatic rings. The van der Waals surface area contributed by atoms with Crippen molar-refractivity contribution >= 4 is 27.7 Å². The Kier molecular flexibility index (Phi) is 4.63. The Bertz CT molecular complexity index is 838. The highest BCUT2D eigenvalue weighted by molar-refractivity contribution is 7.86. The molecular weight excluding hydrogens is 335 g/mol. The number of hydrogen-bond donors (Lipinski definition) is 1. The molecule has 0 amide bonds. The van der Waals surface area contributed by atoms with Gasteiger partial charge in [0.25, 0.3) is 0 Å². The quantitative estimate of drug-likeness (QED) is 0.843. The minimum Gasteiger partial charge on any atom is -0.378 e. The first-order chi connectivity index (χ1) is 11.4. The lowest BCUT2D eigenvalue weighted by molar-refractivity contribution is 0.122. The molecule has 24 heavy (non-hydrogen) atoms. The van der Waals surface area contributed by atoms with Crippen molar-refractivity contribution in [3.8, 4) is 0 Å². The van der Waals surface area contributed by atoms with Gasteiger partial charge in [-0.2, -0.15) is 13.4 Å². The summed E-state index contributed by atoms with van der Waals surface area (Å²) < 4.78 is 40.5. The number of aryl methyl sites for hydroxylation is 1. The minimum absolute atomic E-state index is 0.396.